The quantitative estimate of drug-likeness (QED) is 0.793. The third-order valence-corrected chi connectivity index (χ3v) is 2.68. The van der Waals surface area contributed by atoms with Crippen molar-refractivity contribution in [1.29, 1.82) is 0 Å². The zero-order chi connectivity index (χ0) is 14.5. The van der Waals surface area contributed by atoms with Crippen LogP contribution in [0.4, 0.5) is 13.2 Å². The fourth-order valence-electron chi connectivity index (χ4n) is 1.89. The van der Waals surface area contributed by atoms with E-state index in [1.165, 1.54) is 12.1 Å². The van der Waals surface area contributed by atoms with Gasteiger partial charge in [-0.2, -0.15) is 13.2 Å². The lowest BCUT2D eigenvalue weighted by Crippen LogP contribution is -2.13. The molecule has 0 aliphatic heterocycles. The lowest BCUT2D eigenvalue weighted by Gasteiger charge is -2.10. The first kappa shape index (κ1) is 15.7. The highest BCUT2D eigenvalue weighted by Gasteiger charge is 2.30. The number of Topliss-reactive ketones (excluding diaryl/α,β-unsaturated/α-hetero) is 1. The van der Waals surface area contributed by atoms with E-state index in [9.17, 15) is 18.0 Å². The van der Waals surface area contributed by atoms with Crippen molar-refractivity contribution in [2.24, 2.45) is 5.92 Å². The van der Waals surface area contributed by atoms with Crippen LogP contribution in [0, 0.1) is 5.92 Å². The number of ketones is 1. The Morgan fingerprint density at radius 1 is 1.37 bits per heavy atom. The molecule has 1 rings (SSSR count). The molecule has 0 radical (unpaired) electrons. The number of rotatable bonds is 6. The first-order valence-electron chi connectivity index (χ1n) is 5.99. The molecule has 2 nitrogen and oxygen atoms in total. The maximum absolute atomic E-state index is 12.5. The van der Waals surface area contributed by atoms with Crippen LogP contribution in [0.25, 0.3) is 0 Å². The Morgan fingerprint density at radius 2 is 2.05 bits per heavy atom. The number of hydrogen-bond acceptors (Lipinski definition) is 2. The van der Waals surface area contributed by atoms with Crippen LogP contribution in [0.5, 0.6) is 0 Å². The van der Waals surface area contributed by atoms with Crippen molar-refractivity contribution in [2.45, 2.75) is 25.9 Å². The molecule has 0 heterocycles. The topological polar surface area (TPSA) is 26.3 Å². The SMILES string of the molecule is COCC(C)CC(=O)Cc1cccc(C(F)(F)F)c1. The largest absolute Gasteiger partial charge is 0.416 e. The Hall–Kier alpha value is -1.36. The Labute approximate surface area is 110 Å². The molecule has 0 saturated carbocycles. The molecule has 0 aliphatic rings. The van der Waals surface area contributed by atoms with Gasteiger partial charge in [0, 0.05) is 26.6 Å². The Morgan fingerprint density at radius 3 is 2.63 bits per heavy atom. The van der Waals surface area contributed by atoms with Gasteiger partial charge in [0.05, 0.1) is 5.56 Å². The second-order valence-electron chi connectivity index (χ2n) is 4.68. The van der Waals surface area contributed by atoms with Crippen molar-refractivity contribution in [1.82, 2.24) is 0 Å². The van der Waals surface area contributed by atoms with Gasteiger partial charge in [-0.15, -0.1) is 0 Å². The van der Waals surface area contributed by atoms with Gasteiger partial charge in [0.1, 0.15) is 5.78 Å². The fourth-order valence-corrected chi connectivity index (χ4v) is 1.89. The number of benzene rings is 1. The van der Waals surface area contributed by atoms with E-state index >= 15 is 0 Å². The van der Waals surface area contributed by atoms with Gasteiger partial charge in [-0.05, 0) is 17.5 Å². The zero-order valence-electron chi connectivity index (χ0n) is 11.0. The molecule has 0 spiro atoms. The molecular weight excluding hydrogens is 257 g/mol. The molecule has 0 bridgehead atoms. The molecule has 1 aromatic carbocycles. The smallest absolute Gasteiger partial charge is 0.384 e. The van der Waals surface area contributed by atoms with E-state index in [1.54, 1.807) is 7.11 Å². The monoisotopic (exact) mass is 274 g/mol. The number of halogens is 3. The second kappa shape index (κ2) is 6.70. The molecule has 19 heavy (non-hydrogen) atoms. The van der Waals surface area contributed by atoms with Crippen LogP contribution in [0.2, 0.25) is 0 Å². The minimum Gasteiger partial charge on any atom is -0.384 e. The molecule has 106 valence electrons. The number of hydrogen-bond donors (Lipinski definition) is 0. The predicted octanol–water partition coefficient (Wildman–Crippen LogP) is 3.49. The Kier molecular flexibility index (Phi) is 5.54. The summed E-state index contributed by atoms with van der Waals surface area (Å²) in [6.07, 6.45) is -4.04. The van der Waals surface area contributed by atoms with Gasteiger partial charge in [0.2, 0.25) is 0 Å². The van der Waals surface area contributed by atoms with E-state index < -0.39 is 11.7 Å². The molecule has 0 aliphatic carbocycles. The summed E-state index contributed by atoms with van der Waals surface area (Å²) in [5.74, 6) is -0.00725. The van der Waals surface area contributed by atoms with Crippen LogP contribution in [0.3, 0.4) is 0 Å². The summed E-state index contributed by atoms with van der Waals surface area (Å²) in [6.45, 7) is 2.34. The highest BCUT2D eigenvalue weighted by Crippen LogP contribution is 2.29. The molecule has 1 aromatic rings. The third-order valence-electron chi connectivity index (χ3n) is 2.68. The summed E-state index contributed by atoms with van der Waals surface area (Å²) in [7, 11) is 1.55. The molecular formula is C14H17F3O2. The van der Waals surface area contributed by atoms with Crippen molar-refractivity contribution in [2.75, 3.05) is 13.7 Å². The van der Waals surface area contributed by atoms with Gasteiger partial charge < -0.3 is 4.74 Å². The van der Waals surface area contributed by atoms with E-state index in [4.69, 9.17) is 4.74 Å². The molecule has 0 fully saturated rings. The molecule has 0 N–H and O–H groups in total. The third kappa shape index (κ3) is 5.42. The van der Waals surface area contributed by atoms with Crippen molar-refractivity contribution >= 4 is 5.78 Å². The first-order chi connectivity index (χ1) is 8.82. The van der Waals surface area contributed by atoms with Gasteiger partial charge in [-0.3, -0.25) is 4.79 Å². The Bertz CT molecular complexity index is 427. The van der Waals surface area contributed by atoms with Gasteiger partial charge in [0.25, 0.3) is 0 Å². The number of methoxy groups -OCH3 is 1. The fraction of sp³-hybridized carbons (Fsp3) is 0.500. The Balaban J connectivity index is 2.65. The van der Waals surface area contributed by atoms with E-state index in [2.05, 4.69) is 0 Å². The highest BCUT2D eigenvalue weighted by molar-refractivity contribution is 5.81. The van der Waals surface area contributed by atoms with Gasteiger partial charge in [-0.1, -0.05) is 25.1 Å². The summed E-state index contributed by atoms with van der Waals surface area (Å²) >= 11 is 0. The maximum atomic E-state index is 12.5. The van der Waals surface area contributed by atoms with Crippen LogP contribution < -0.4 is 0 Å². The van der Waals surface area contributed by atoms with Gasteiger partial charge in [-0.25, -0.2) is 0 Å². The molecule has 5 heteroatoms. The van der Waals surface area contributed by atoms with Crippen molar-refractivity contribution < 1.29 is 22.7 Å². The molecule has 0 aromatic heterocycles. The standard InChI is InChI=1S/C14H17F3O2/c1-10(9-19-2)6-13(18)8-11-4-3-5-12(7-11)14(15,16)17/h3-5,7,10H,6,8-9H2,1-2H3. The lowest BCUT2D eigenvalue weighted by atomic mass is 9.99. The maximum Gasteiger partial charge on any atom is 0.416 e. The van der Waals surface area contributed by atoms with E-state index in [0.717, 1.165) is 12.1 Å². The number of carbonyl (C=O) groups excluding carboxylic acids is 1. The number of alkyl halides is 3. The number of ether oxygens (including phenoxy) is 1. The van der Waals surface area contributed by atoms with Crippen molar-refractivity contribution in [3.8, 4) is 0 Å². The van der Waals surface area contributed by atoms with Crippen LogP contribution in [0.1, 0.15) is 24.5 Å². The van der Waals surface area contributed by atoms with Gasteiger partial charge >= 0.3 is 6.18 Å². The van der Waals surface area contributed by atoms with E-state index in [0.29, 0.717) is 18.6 Å². The zero-order valence-corrected chi connectivity index (χ0v) is 11.0. The average Bonchev–Trinajstić information content (AvgIpc) is 2.28. The van der Waals surface area contributed by atoms with E-state index in [1.807, 2.05) is 6.92 Å². The minimum absolute atomic E-state index is 0.0258. The van der Waals surface area contributed by atoms with Crippen LogP contribution in [-0.2, 0) is 22.1 Å². The molecule has 0 amide bonds. The van der Waals surface area contributed by atoms with Crippen molar-refractivity contribution in [3.05, 3.63) is 35.4 Å². The van der Waals surface area contributed by atoms with Crippen LogP contribution in [-0.4, -0.2) is 19.5 Å². The lowest BCUT2D eigenvalue weighted by molar-refractivity contribution is -0.137. The van der Waals surface area contributed by atoms with Gasteiger partial charge in [0.15, 0.2) is 0 Å². The highest BCUT2D eigenvalue weighted by atomic mass is 19.4. The average molecular weight is 274 g/mol. The molecule has 1 atom stereocenters. The summed E-state index contributed by atoms with van der Waals surface area (Å²) in [5.41, 5.74) is -0.327. The van der Waals surface area contributed by atoms with E-state index in [-0.39, 0.29) is 18.1 Å². The summed E-state index contributed by atoms with van der Waals surface area (Å²) in [5, 5.41) is 0. The summed E-state index contributed by atoms with van der Waals surface area (Å²) < 4.78 is 42.5. The molecule has 0 saturated heterocycles. The number of carbonyl (C=O) groups is 1. The first-order valence-corrected chi connectivity index (χ1v) is 5.99. The predicted molar refractivity (Wildman–Crippen MR) is 65.8 cm³/mol. The summed E-state index contributed by atoms with van der Waals surface area (Å²) in [6, 6.07) is 4.89. The van der Waals surface area contributed by atoms with Crippen LogP contribution >= 0.6 is 0 Å². The van der Waals surface area contributed by atoms with Crippen LogP contribution in [0.15, 0.2) is 24.3 Å². The normalized spacial score (nSPS) is 13.3. The van der Waals surface area contributed by atoms with Crippen molar-refractivity contribution in [3.63, 3.8) is 0 Å². The molecule has 1 unspecified atom stereocenters. The summed E-state index contributed by atoms with van der Waals surface area (Å²) in [4.78, 5) is 11.7. The second-order valence-corrected chi connectivity index (χ2v) is 4.68. The minimum atomic E-state index is -4.37.